The van der Waals surface area contributed by atoms with Gasteiger partial charge in [-0.15, -0.1) is 0 Å². The zero-order valence-corrected chi connectivity index (χ0v) is 7.85. The van der Waals surface area contributed by atoms with Crippen molar-refractivity contribution in [2.45, 2.75) is 6.92 Å². The van der Waals surface area contributed by atoms with E-state index in [1.165, 1.54) is 12.1 Å². The summed E-state index contributed by atoms with van der Waals surface area (Å²) in [5, 5.41) is 19.0. The minimum atomic E-state index is -1.16. The number of hydrogen-bond acceptors (Lipinski definition) is 3. The summed E-state index contributed by atoms with van der Waals surface area (Å²) in [5.41, 5.74) is 0.215. The van der Waals surface area contributed by atoms with Crippen molar-refractivity contribution >= 4 is 11.7 Å². The van der Waals surface area contributed by atoms with Crippen molar-refractivity contribution in [3.8, 4) is 0 Å². The summed E-state index contributed by atoms with van der Waals surface area (Å²) in [6.07, 6.45) is 0. The number of quaternary nitrogens is 1. The molecule has 0 saturated heterocycles. The van der Waals surface area contributed by atoms with Crippen LogP contribution in [0.5, 0.6) is 0 Å². The molecule has 6 nitrogen and oxygen atoms in total. The van der Waals surface area contributed by atoms with E-state index < -0.39 is 10.9 Å². The van der Waals surface area contributed by atoms with Gasteiger partial charge < -0.3 is 11.3 Å². The van der Waals surface area contributed by atoms with E-state index in [1.807, 2.05) is 0 Å². The monoisotopic (exact) mass is 199 g/mol. The third-order valence-electron chi connectivity index (χ3n) is 1.65. The molecular formula is C8H11N2O4+. The van der Waals surface area contributed by atoms with E-state index in [2.05, 4.69) is 0 Å². The smallest absolute Gasteiger partial charge is 0.335 e. The maximum atomic E-state index is 10.5. The molecule has 0 amide bonds. The van der Waals surface area contributed by atoms with Crippen LogP contribution in [0.25, 0.3) is 0 Å². The van der Waals surface area contributed by atoms with Gasteiger partial charge in [-0.2, -0.15) is 0 Å². The van der Waals surface area contributed by atoms with Gasteiger partial charge in [0, 0.05) is 11.6 Å². The van der Waals surface area contributed by atoms with Crippen LogP contribution in [0.4, 0.5) is 5.69 Å². The summed E-state index contributed by atoms with van der Waals surface area (Å²) in [5.74, 6) is -1.16. The van der Waals surface area contributed by atoms with Gasteiger partial charge in [-0.1, -0.05) is 6.07 Å². The molecule has 1 rings (SSSR count). The van der Waals surface area contributed by atoms with Gasteiger partial charge in [0.15, 0.2) is 0 Å². The number of aryl methyl sites for hydroxylation is 1. The van der Waals surface area contributed by atoms with E-state index in [0.717, 1.165) is 6.07 Å². The van der Waals surface area contributed by atoms with Crippen LogP contribution in [0.1, 0.15) is 15.9 Å². The average molecular weight is 199 g/mol. The van der Waals surface area contributed by atoms with Crippen molar-refractivity contribution in [1.82, 2.24) is 6.15 Å². The second-order valence-corrected chi connectivity index (χ2v) is 2.56. The predicted molar refractivity (Wildman–Crippen MR) is 50.8 cm³/mol. The summed E-state index contributed by atoms with van der Waals surface area (Å²) in [7, 11) is 0. The molecule has 0 atom stereocenters. The molecule has 0 spiro atoms. The Morgan fingerprint density at radius 3 is 2.50 bits per heavy atom. The molecule has 76 valence electrons. The predicted octanol–water partition coefficient (Wildman–Crippen LogP) is 1.98. The third kappa shape index (κ3) is 2.27. The molecule has 0 unspecified atom stereocenters. The standard InChI is InChI=1S/C8H7NO4.H3N/c1-5-2-3-6(8(10)11)4-7(5)9(12)13;/h2-4H,1H3,(H,10,11);1H3/p+1. The summed E-state index contributed by atoms with van der Waals surface area (Å²) >= 11 is 0. The highest BCUT2D eigenvalue weighted by Crippen LogP contribution is 2.18. The lowest BCUT2D eigenvalue weighted by Gasteiger charge is -1.97. The van der Waals surface area contributed by atoms with Gasteiger partial charge in [0.2, 0.25) is 0 Å². The molecule has 0 aliphatic heterocycles. The van der Waals surface area contributed by atoms with Gasteiger partial charge in [0.05, 0.1) is 10.5 Å². The zero-order chi connectivity index (χ0) is 10.0. The lowest BCUT2D eigenvalue weighted by atomic mass is 10.1. The highest BCUT2D eigenvalue weighted by atomic mass is 16.6. The Balaban J connectivity index is 0.00000169. The van der Waals surface area contributed by atoms with Gasteiger partial charge in [-0.3, -0.25) is 10.1 Å². The fourth-order valence-corrected chi connectivity index (χ4v) is 0.939. The number of nitrogens with zero attached hydrogens (tertiary/aromatic N) is 1. The zero-order valence-electron chi connectivity index (χ0n) is 7.85. The minimum Gasteiger partial charge on any atom is -0.478 e. The Kier molecular flexibility index (Phi) is 3.73. The molecule has 0 fully saturated rings. The van der Waals surface area contributed by atoms with Crippen LogP contribution in [-0.4, -0.2) is 16.0 Å². The molecule has 5 N–H and O–H groups in total. The summed E-state index contributed by atoms with van der Waals surface area (Å²) in [6, 6.07) is 3.81. The van der Waals surface area contributed by atoms with Crippen LogP contribution in [0.2, 0.25) is 0 Å². The molecule has 0 heterocycles. The van der Waals surface area contributed by atoms with E-state index in [0.29, 0.717) is 5.56 Å². The van der Waals surface area contributed by atoms with Crippen LogP contribution >= 0.6 is 0 Å². The molecule has 0 bridgehead atoms. The van der Waals surface area contributed by atoms with Gasteiger partial charge >= 0.3 is 5.97 Å². The maximum absolute atomic E-state index is 10.5. The molecule has 6 heteroatoms. The number of carbonyl (C=O) groups is 1. The fraction of sp³-hybridized carbons (Fsp3) is 0.125. The van der Waals surface area contributed by atoms with Crippen molar-refractivity contribution < 1.29 is 14.8 Å². The first kappa shape index (κ1) is 12.0. The van der Waals surface area contributed by atoms with Crippen LogP contribution in [0.15, 0.2) is 18.2 Å². The molecule has 1 aromatic carbocycles. The normalized spacial score (nSPS) is 8.93. The molecule has 0 aliphatic carbocycles. The lowest BCUT2D eigenvalue weighted by molar-refractivity contribution is -0.385. The van der Waals surface area contributed by atoms with E-state index in [-0.39, 0.29) is 17.4 Å². The van der Waals surface area contributed by atoms with E-state index in [1.54, 1.807) is 6.92 Å². The molecule has 1 aromatic rings. The van der Waals surface area contributed by atoms with E-state index in [9.17, 15) is 14.9 Å². The van der Waals surface area contributed by atoms with Crippen LogP contribution in [-0.2, 0) is 0 Å². The molecule has 0 radical (unpaired) electrons. The molecule has 0 aromatic heterocycles. The van der Waals surface area contributed by atoms with Gasteiger partial charge in [0.25, 0.3) is 5.69 Å². The first-order valence-electron chi connectivity index (χ1n) is 3.50. The Hall–Kier alpha value is -1.95. The van der Waals surface area contributed by atoms with Crippen molar-refractivity contribution in [2.24, 2.45) is 0 Å². The Labute approximate surface area is 79.9 Å². The Morgan fingerprint density at radius 2 is 2.07 bits per heavy atom. The number of benzene rings is 1. The Bertz CT molecular complexity index is 376. The van der Waals surface area contributed by atoms with Gasteiger partial charge in [0.1, 0.15) is 0 Å². The van der Waals surface area contributed by atoms with E-state index >= 15 is 0 Å². The Morgan fingerprint density at radius 1 is 1.50 bits per heavy atom. The summed E-state index contributed by atoms with van der Waals surface area (Å²) in [6.45, 7) is 1.56. The number of nitro benzene ring substituents is 1. The minimum absolute atomic E-state index is 0. The highest BCUT2D eigenvalue weighted by molar-refractivity contribution is 5.88. The fourth-order valence-electron chi connectivity index (χ4n) is 0.939. The maximum Gasteiger partial charge on any atom is 0.335 e. The molecular weight excluding hydrogens is 188 g/mol. The number of carboxylic acids is 1. The first-order chi connectivity index (χ1) is 6.02. The van der Waals surface area contributed by atoms with Crippen LogP contribution < -0.4 is 6.15 Å². The molecule has 0 saturated carbocycles. The van der Waals surface area contributed by atoms with Crippen LogP contribution in [0, 0.1) is 17.0 Å². The quantitative estimate of drug-likeness (QED) is 0.559. The largest absolute Gasteiger partial charge is 0.478 e. The summed E-state index contributed by atoms with van der Waals surface area (Å²) in [4.78, 5) is 20.3. The lowest BCUT2D eigenvalue weighted by Crippen LogP contribution is -1.99. The van der Waals surface area contributed by atoms with E-state index in [4.69, 9.17) is 5.11 Å². The number of rotatable bonds is 2. The molecule has 14 heavy (non-hydrogen) atoms. The summed E-state index contributed by atoms with van der Waals surface area (Å²) < 4.78 is 0. The SMILES string of the molecule is Cc1ccc(C(=O)O)cc1[N+](=O)[O-].[NH4+]. The van der Waals surface area contributed by atoms with Crippen molar-refractivity contribution in [1.29, 1.82) is 0 Å². The second kappa shape index (κ2) is 4.33. The third-order valence-corrected chi connectivity index (χ3v) is 1.65. The first-order valence-corrected chi connectivity index (χ1v) is 3.50. The number of nitro groups is 1. The second-order valence-electron chi connectivity index (χ2n) is 2.56. The molecule has 0 aliphatic rings. The number of carboxylic acid groups (broad SMARTS) is 1. The number of hydrogen-bond donors (Lipinski definition) is 2. The van der Waals surface area contributed by atoms with Crippen LogP contribution in [0.3, 0.4) is 0 Å². The topological polar surface area (TPSA) is 117 Å². The van der Waals surface area contributed by atoms with Crippen molar-refractivity contribution in [3.63, 3.8) is 0 Å². The number of aromatic carboxylic acids is 1. The van der Waals surface area contributed by atoms with Crippen molar-refractivity contribution in [3.05, 3.63) is 39.4 Å². The van der Waals surface area contributed by atoms with Gasteiger partial charge in [-0.25, -0.2) is 4.79 Å². The van der Waals surface area contributed by atoms with Crippen molar-refractivity contribution in [2.75, 3.05) is 0 Å². The highest BCUT2D eigenvalue weighted by Gasteiger charge is 2.13. The average Bonchev–Trinajstić information content (AvgIpc) is 2.04. The van der Waals surface area contributed by atoms with Gasteiger partial charge in [-0.05, 0) is 13.0 Å².